The maximum atomic E-state index is 14.6. The van der Waals surface area contributed by atoms with E-state index in [4.69, 9.17) is 0 Å². The molecule has 9 nitrogen and oxygen atoms in total. The highest BCUT2D eigenvalue weighted by Gasteiger charge is 2.21. The van der Waals surface area contributed by atoms with E-state index in [1.165, 1.54) is 6.07 Å². The molecule has 10 heteroatoms. The van der Waals surface area contributed by atoms with Crippen molar-refractivity contribution >= 4 is 11.6 Å². The van der Waals surface area contributed by atoms with Crippen LogP contribution in [0, 0.1) is 36.7 Å². The summed E-state index contributed by atoms with van der Waals surface area (Å²) < 4.78 is 17.8. The first kappa shape index (κ1) is 22.8. The average Bonchev–Trinajstić information content (AvgIpc) is 3.34. The van der Waals surface area contributed by atoms with Crippen LogP contribution in [0.25, 0.3) is 5.69 Å². The van der Waals surface area contributed by atoms with Crippen LogP contribution in [0.1, 0.15) is 38.7 Å². The molecule has 1 amide bonds. The fraction of sp³-hybridized carbons (Fsp3) is 0.208. The zero-order chi connectivity index (χ0) is 24.4. The van der Waals surface area contributed by atoms with Crippen molar-refractivity contribution in [2.75, 3.05) is 0 Å². The van der Waals surface area contributed by atoms with Gasteiger partial charge < -0.3 is 9.88 Å². The third-order valence-corrected chi connectivity index (χ3v) is 5.62. The van der Waals surface area contributed by atoms with Gasteiger partial charge in [0.25, 0.3) is 5.91 Å². The molecule has 2 heterocycles. The summed E-state index contributed by atoms with van der Waals surface area (Å²) >= 11 is 0. The average molecular weight is 462 g/mol. The minimum absolute atomic E-state index is 0.0145. The zero-order valence-electron chi connectivity index (χ0n) is 18.9. The molecular formula is C24H23FN6O3. The van der Waals surface area contributed by atoms with Crippen LogP contribution in [0.5, 0.6) is 0 Å². The molecular weight excluding hydrogens is 439 g/mol. The van der Waals surface area contributed by atoms with Crippen molar-refractivity contribution in [1.82, 2.24) is 24.6 Å². The number of carbonyl (C=O) groups is 1. The third-order valence-electron chi connectivity index (χ3n) is 5.62. The number of nitrogens with one attached hydrogen (secondary N) is 1. The summed E-state index contributed by atoms with van der Waals surface area (Å²) in [5, 5.41) is 18.2. The number of hydrogen-bond acceptors (Lipinski definition) is 5. The maximum Gasteiger partial charge on any atom is 0.312 e. The largest absolute Gasteiger partial charge is 0.348 e. The Kier molecular flexibility index (Phi) is 6.22. The van der Waals surface area contributed by atoms with Crippen LogP contribution < -0.4 is 5.32 Å². The molecule has 0 aliphatic rings. The predicted molar refractivity (Wildman–Crippen MR) is 123 cm³/mol. The number of nitro groups is 1. The smallest absolute Gasteiger partial charge is 0.312 e. The normalized spacial score (nSPS) is 10.9. The summed E-state index contributed by atoms with van der Waals surface area (Å²) in [5.41, 5.74) is 3.19. The molecule has 0 radical (unpaired) electrons. The Balaban J connectivity index is 1.39. The number of aromatic nitrogens is 4. The highest BCUT2D eigenvalue weighted by atomic mass is 19.1. The van der Waals surface area contributed by atoms with Gasteiger partial charge in [-0.3, -0.25) is 19.6 Å². The van der Waals surface area contributed by atoms with E-state index in [0.29, 0.717) is 40.6 Å². The molecule has 174 valence electrons. The van der Waals surface area contributed by atoms with E-state index in [9.17, 15) is 19.3 Å². The SMILES string of the molecule is Cc1nn(Cc2ccc(C(=O)NCc3ccc(-n4ccnc4C)c(F)c3)cc2)c(C)c1[N+](=O)[O-]. The molecule has 0 fully saturated rings. The monoisotopic (exact) mass is 462 g/mol. The van der Waals surface area contributed by atoms with Gasteiger partial charge in [0.2, 0.25) is 0 Å². The number of hydrogen-bond donors (Lipinski definition) is 1. The van der Waals surface area contributed by atoms with Crippen LogP contribution >= 0.6 is 0 Å². The second-order valence-electron chi connectivity index (χ2n) is 7.94. The van der Waals surface area contributed by atoms with E-state index in [1.54, 1.807) is 78.8 Å². The van der Waals surface area contributed by atoms with Crippen molar-refractivity contribution < 1.29 is 14.1 Å². The lowest BCUT2D eigenvalue weighted by Crippen LogP contribution is -2.23. The molecule has 0 unspecified atom stereocenters. The first-order chi connectivity index (χ1) is 16.2. The molecule has 0 aliphatic carbocycles. The second kappa shape index (κ2) is 9.26. The van der Waals surface area contributed by atoms with Crippen LogP contribution in [-0.4, -0.2) is 30.2 Å². The van der Waals surface area contributed by atoms with Gasteiger partial charge in [0.15, 0.2) is 0 Å². The van der Waals surface area contributed by atoms with E-state index >= 15 is 0 Å². The fourth-order valence-corrected chi connectivity index (χ4v) is 3.81. The molecule has 0 bridgehead atoms. The first-order valence-electron chi connectivity index (χ1n) is 10.6. The number of imidazole rings is 1. The van der Waals surface area contributed by atoms with E-state index in [1.807, 2.05) is 0 Å². The van der Waals surface area contributed by atoms with Gasteiger partial charge in [-0.2, -0.15) is 5.10 Å². The van der Waals surface area contributed by atoms with Gasteiger partial charge in [-0.1, -0.05) is 18.2 Å². The highest BCUT2D eigenvalue weighted by Crippen LogP contribution is 2.22. The molecule has 0 saturated heterocycles. The molecule has 0 aliphatic heterocycles. The van der Waals surface area contributed by atoms with Gasteiger partial charge >= 0.3 is 5.69 Å². The van der Waals surface area contributed by atoms with Crippen LogP contribution in [0.4, 0.5) is 10.1 Å². The van der Waals surface area contributed by atoms with Crippen LogP contribution in [-0.2, 0) is 13.1 Å². The third kappa shape index (κ3) is 4.56. The van der Waals surface area contributed by atoms with Gasteiger partial charge in [0.1, 0.15) is 23.0 Å². The summed E-state index contributed by atoms with van der Waals surface area (Å²) in [6.07, 6.45) is 3.30. The Morgan fingerprint density at radius 2 is 1.82 bits per heavy atom. The number of rotatable bonds is 7. The van der Waals surface area contributed by atoms with Crippen LogP contribution in [0.2, 0.25) is 0 Å². The molecule has 0 saturated carbocycles. The van der Waals surface area contributed by atoms with E-state index in [0.717, 1.165) is 5.56 Å². The predicted octanol–water partition coefficient (Wildman–Crippen LogP) is 4.02. The minimum Gasteiger partial charge on any atom is -0.348 e. The molecule has 2 aromatic carbocycles. The summed E-state index contributed by atoms with van der Waals surface area (Å²) in [5.74, 6) is -0.00990. The van der Waals surface area contributed by atoms with Crippen molar-refractivity contribution in [2.45, 2.75) is 33.9 Å². The van der Waals surface area contributed by atoms with E-state index < -0.39 is 10.7 Å². The maximum absolute atomic E-state index is 14.6. The van der Waals surface area contributed by atoms with Gasteiger partial charge in [-0.05, 0) is 56.2 Å². The lowest BCUT2D eigenvalue weighted by atomic mass is 10.1. The number of carbonyl (C=O) groups excluding carboxylic acids is 1. The molecule has 2 aromatic heterocycles. The van der Waals surface area contributed by atoms with Crippen molar-refractivity contribution in [3.05, 3.63) is 105 Å². The number of benzene rings is 2. The number of aryl methyl sites for hydroxylation is 2. The molecule has 4 rings (SSSR count). The van der Waals surface area contributed by atoms with E-state index in [2.05, 4.69) is 15.4 Å². The van der Waals surface area contributed by atoms with Crippen molar-refractivity contribution in [2.24, 2.45) is 0 Å². The summed E-state index contributed by atoms with van der Waals surface area (Å²) in [7, 11) is 0. The molecule has 1 N–H and O–H groups in total. The Bertz CT molecular complexity index is 1370. The number of nitrogens with zero attached hydrogens (tertiary/aromatic N) is 5. The Labute approximate surface area is 195 Å². The van der Waals surface area contributed by atoms with E-state index in [-0.39, 0.29) is 18.1 Å². The topological polar surface area (TPSA) is 108 Å². The number of halogens is 1. The van der Waals surface area contributed by atoms with Gasteiger partial charge in [-0.25, -0.2) is 9.37 Å². The Hall–Kier alpha value is -4.34. The highest BCUT2D eigenvalue weighted by molar-refractivity contribution is 5.94. The molecule has 0 spiro atoms. The Morgan fingerprint density at radius 3 is 2.41 bits per heavy atom. The zero-order valence-corrected chi connectivity index (χ0v) is 18.9. The summed E-state index contributed by atoms with van der Waals surface area (Å²) in [6.45, 7) is 5.58. The molecule has 34 heavy (non-hydrogen) atoms. The lowest BCUT2D eigenvalue weighted by molar-refractivity contribution is -0.386. The lowest BCUT2D eigenvalue weighted by Gasteiger charge is -2.10. The quantitative estimate of drug-likeness (QED) is 0.330. The van der Waals surface area contributed by atoms with Gasteiger partial charge in [-0.15, -0.1) is 0 Å². The second-order valence-corrected chi connectivity index (χ2v) is 7.94. The van der Waals surface area contributed by atoms with Gasteiger partial charge in [0, 0.05) is 24.5 Å². The van der Waals surface area contributed by atoms with Crippen molar-refractivity contribution in [1.29, 1.82) is 0 Å². The van der Waals surface area contributed by atoms with Crippen LogP contribution in [0.15, 0.2) is 54.9 Å². The number of amides is 1. The fourth-order valence-electron chi connectivity index (χ4n) is 3.81. The van der Waals surface area contributed by atoms with Crippen molar-refractivity contribution in [3.8, 4) is 5.69 Å². The summed E-state index contributed by atoms with van der Waals surface area (Å²) in [4.78, 5) is 27.4. The van der Waals surface area contributed by atoms with Crippen molar-refractivity contribution in [3.63, 3.8) is 0 Å². The molecule has 4 aromatic rings. The Morgan fingerprint density at radius 1 is 1.12 bits per heavy atom. The van der Waals surface area contributed by atoms with Crippen LogP contribution in [0.3, 0.4) is 0 Å². The summed E-state index contributed by atoms with van der Waals surface area (Å²) in [6, 6.07) is 11.7. The minimum atomic E-state index is -0.431. The standard InChI is InChI=1S/C24H23FN6O3/c1-15-23(31(33)34)16(2)30(28-15)14-18-4-7-20(8-5-18)24(32)27-13-19-6-9-22(21(25)12-19)29-11-10-26-17(29)3/h4-12H,13-14H2,1-3H3,(H,27,32). The first-order valence-corrected chi connectivity index (χ1v) is 10.6. The van der Waals surface area contributed by atoms with Gasteiger partial charge in [0.05, 0.1) is 17.2 Å². The molecule has 0 atom stereocenters.